The van der Waals surface area contributed by atoms with Gasteiger partial charge in [0.2, 0.25) is 0 Å². The van der Waals surface area contributed by atoms with Gasteiger partial charge in [-0.1, -0.05) is 49.9 Å². The highest BCUT2D eigenvalue weighted by Crippen LogP contribution is 2.21. The SMILES string of the molecule is CCCCC[C@H](N)c1cc(C)ccc1C. The average molecular weight is 205 g/mol. The molecule has 84 valence electrons. The molecule has 0 aliphatic heterocycles. The summed E-state index contributed by atoms with van der Waals surface area (Å²) in [5, 5.41) is 0. The maximum Gasteiger partial charge on any atom is 0.0297 e. The molecule has 0 fully saturated rings. The van der Waals surface area contributed by atoms with Crippen molar-refractivity contribution in [2.24, 2.45) is 5.73 Å². The maximum absolute atomic E-state index is 6.21. The van der Waals surface area contributed by atoms with Gasteiger partial charge in [0.25, 0.3) is 0 Å². The highest BCUT2D eigenvalue weighted by molar-refractivity contribution is 5.32. The van der Waals surface area contributed by atoms with E-state index >= 15 is 0 Å². The summed E-state index contributed by atoms with van der Waals surface area (Å²) < 4.78 is 0. The fraction of sp³-hybridized carbons (Fsp3) is 0.571. The molecule has 1 rings (SSSR count). The van der Waals surface area contributed by atoms with E-state index in [0.29, 0.717) is 0 Å². The van der Waals surface area contributed by atoms with Crippen LogP contribution < -0.4 is 5.73 Å². The monoisotopic (exact) mass is 205 g/mol. The van der Waals surface area contributed by atoms with E-state index in [1.54, 1.807) is 0 Å². The Labute approximate surface area is 93.7 Å². The lowest BCUT2D eigenvalue weighted by molar-refractivity contribution is 0.579. The van der Waals surface area contributed by atoms with Crippen LogP contribution in [0.2, 0.25) is 0 Å². The predicted molar refractivity (Wildman–Crippen MR) is 67.0 cm³/mol. The van der Waals surface area contributed by atoms with Crippen LogP contribution in [0.5, 0.6) is 0 Å². The van der Waals surface area contributed by atoms with Crippen molar-refractivity contribution in [3.05, 3.63) is 34.9 Å². The second-order valence-electron chi connectivity index (χ2n) is 4.46. The molecule has 2 N–H and O–H groups in total. The van der Waals surface area contributed by atoms with Crippen LogP contribution in [0.15, 0.2) is 18.2 Å². The first-order valence-corrected chi connectivity index (χ1v) is 5.98. The third-order valence-electron chi connectivity index (χ3n) is 2.95. The molecule has 0 aromatic heterocycles. The van der Waals surface area contributed by atoms with Crippen LogP contribution in [0.4, 0.5) is 0 Å². The molecule has 0 saturated carbocycles. The molecule has 15 heavy (non-hydrogen) atoms. The number of rotatable bonds is 5. The Morgan fingerprint density at radius 3 is 2.60 bits per heavy atom. The van der Waals surface area contributed by atoms with Gasteiger partial charge in [0, 0.05) is 6.04 Å². The minimum Gasteiger partial charge on any atom is -0.324 e. The van der Waals surface area contributed by atoms with Gasteiger partial charge < -0.3 is 5.73 Å². The molecule has 0 amide bonds. The van der Waals surface area contributed by atoms with Gasteiger partial charge in [0.15, 0.2) is 0 Å². The smallest absolute Gasteiger partial charge is 0.0297 e. The number of hydrogen-bond acceptors (Lipinski definition) is 1. The van der Waals surface area contributed by atoms with E-state index in [2.05, 4.69) is 39.0 Å². The van der Waals surface area contributed by atoms with E-state index in [-0.39, 0.29) is 6.04 Å². The van der Waals surface area contributed by atoms with Gasteiger partial charge in [-0.25, -0.2) is 0 Å². The first-order valence-electron chi connectivity index (χ1n) is 5.98. The Bertz CT molecular complexity index is 304. The summed E-state index contributed by atoms with van der Waals surface area (Å²) in [6.45, 7) is 6.50. The van der Waals surface area contributed by atoms with Gasteiger partial charge in [0.1, 0.15) is 0 Å². The molecule has 0 unspecified atom stereocenters. The van der Waals surface area contributed by atoms with Crippen LogP contribution in [0.1, 0.15) is 55.3 Å². The van der Waals surface area contributed by atoms with Gasteiger partial charge in [-0.2, -0.15) is 0 Å². The van der Waals surface area contributed by atoms with Gasteiger partial charge in [-0.05, 0) is 31.4 Å². The summed E-state index contributed by atoms with van der Waals surface area (Å²) >= 11 is 0. The molecule has 1 atom stereocenters. The molecule has 0 saturated heterocycles. The first-order chi connectivity index (χ1) is 7.15. The number of aryl methyl sites for hydroxylation is 2. The second-order valence-corrected chi connectivity index (χ2v) is 4.46. The number of benzene rings is 1. The van der Waals surface area contributed by atoms with Crippen LogP contribution in [0.25, 0.3) is 0 Å². The lowest BCUT2D eigenvalue weighted by Crippen LogP contribution is -2.11. The molecule has 1 aromatic carbocycles. The van der Waals surface area contributed by atoms with Crippen molar-refractivity contribution in [1.82, 2.24) is 0 Å². The summed E-state index contributed by atoms with van der Waals surface area (Å²) in [5.74, 6) is 0. The molecular weight excluding hydrogens is 182 g/mol. The van der Waals surface area contributed by atoms with Gasteiger partial charge in [-0.15, -0.1) is 0 Å². The van der Waals surface area contributed by atoms with Crippen LogP contribution in [0.3, 0.4) is 0 Å². The topological polar surface area (TPSA) is 26.0 Å². The minimum atomic E-state index is 0.219. The zero-order chi connectivity index (χ0) is 11.3. The Morgan fingerprint density at radius 1 is 1.20 bits per heavy atom. The van der Waals surface area contributed by atoms with E-state index in [9.17, 15) is 0 Å². The van der Waals surface area contributed by atoms with Gasteiger partial charge in [-0.3, -0.25) is 0 Å². The minimum absolute atomic E-state index is 0.219. The second kappa shape index (κ2) is 5.92. The van der Waals surface area contributed by atoms with Crippen molar-refractivity contribution in [3.8, 4) is 0 Å². The largest absolute Gasteiger partial charge is 0.324 e. The van der Waals surface area contributed by atoms with Crippen molar-refractivity contribution in [1.29, 1.82) is 0 Å². The average Bonchev–Trinajstić information content (AvgIpc) is 2.22. The standard InChI is InChI=1S/C14H23N/c1-4-5-6-7-14(15)13-10-11(2)8-9-12(13)3/h8-10,14H,4-7,15H2,1-3H3/t14-/m0/s1. The van der Waals surface area contributed by atoms with Gasteiger partial charge in [0.05, 0.1) is 0 Å². The summed E-state index contributed by atoms with van der Waals surface area (Å²) in [6, 6.07) is 6.77. The lowest BCUT2D eigenvalue weighted by atomic mass is 9.96. The molecule has 1 aromatic rings. The highest BCUT2D eigenvalue weighted by atomic mass is 14.6. The molecule has 0 bridgehead atoms. The van der Waals surface area contributed by atoms with Gasteiger partial charge >= 0.3 is 0 Å². The number of unbranched alkanes of at least 4 members (excludes halogenated alkanes) is 2. The summed E-state index contributed by atoms with van der Waals surface area (Å²) in [7, 11) is 0. The summed E-state index contributed by atoms with van der Waals surface area (Å²) in [5.41, 5.74) is 10.2. The van der Waals surface area contributed by atoms with Crippen LogP contribution >= 0.6 is 0 Å². The van der Waals surface area contributed by atoms with Crippen molar-refractivity contribution in [2.75, 3.05) is 0 Å². The third kappa shape index (κ3) is 3.67. The van der Waals surface area contributed by atoms with Crippen molar-refractivity contribution >= 4 is 0 Å². The molecule has 1 nitrogen and oxygen atoms in total. The Hall–Kier alpha value is -0.820. The van der Waals surface area contributed by atoms with Crippen LogP contribution in [-0.2, 0) is 0 Å². The highest BCUT2D eigenvalue weighted by Gasteiger charge is 2.08. The van der Waals surface area contributed by atoms with Crippen LogP contribution in [-0.4, -0.2) is 0 Å². The maximum atomic E-state index is 6.21. The van der Waals surface area contributed by atoms with E-state index in [1.165, 1.54) is 36.0 Å². The Morgan fingerprint density at radius 2 is 1.93 bits per heavy atom. The molecule has 0 heterocycles. The molecule has 0 aliphatic carbocycles. The number of nitrogens with two attached hydrogens (primary N) is 1. The molecular formula is C14H23N. The molecule has 1 heteroatoms. The third-order valence-corrected chi connectivity index (χ3v) is 2.95. The number of hydrogen-bond donors (Lipinski definition) is 1. The van der Waals surface area contributed by atoms with E-state index in [0.717, 1.165) is 6.42 Å². The quantitative estimate of drug-likeness (QED) is 0.725. The van der Waals surface area contributed by atoms with E-state index in [1.807, 2.05) is 0 Å². The normalized spacial score (nSPS) is 12.8. The van der Waals surface area contributed by atoms with Crippen LogP contribution in [0, 0.1) is 13.8 Å². The van der Waals surface area contributed by atoms with E-state index in [4.69, 9.17) is 5.73 Å². The molecule has 0 spiro atoms. The zero-order valence-corrected chi connectivity index (χ0v) is 10.2. The van der Waals surface area contributed by atoms with Crippen molar-refractivity contribution in [3.63, 3.8) is 0 Å². The van der Waals surface area contributed by atoms with E-state index < -0.39 is 0 Å². The Kier molecular flexibility index (Phi) is 4.83. The summed E-state index contributed by atoms with van der Waals surface area (Å²) in [4.78, 5) is 0. The summed E-state index contributed by atoms with van der Waals surface area (Å²) in [6.07, 6.45) is 4.90. The molecule has 0 aliphatic rings. The predicted octanol–water partition coefficient (Wildman–Crippen LogP) is 3.88. The lowest BCUT2D eigenvalue weighted by Gasteiger charge is -2.15. The Balaban J connectivity index is 2.64. The first kappa shape index (κ1) is 12.3. The zero-order valence-electron chi connectivity index (χ0n) is 10.2. The fourth-order valence-corrected chi connectivity index (χ4v) is 1.93. The molecule has 0 radical (unpaired) electrons. The van der Waals surface area contributed by atoms with Crippen molar-refractivity contribution < 1.29 is 0 Å². The van der Waals surface area contributed by atoms with Crippen molar-refractivity contribution in [2.45, 2.75) is 52.5 Å². The fourth-order valence-electron chi connectivity index (χ4n) is 1.93.